The summed E-state index contributed by atoms with van der Waals surface area (Å²) in [6.45, 7) is 0. The number of carbonyl (C=O) groups excluding carboxylic acids is 4. The van der Waals surface area contributed by atoms with Crippen LogP contribution in [0.25, 0.3) is 0 Å². The second-order valence-electron chi connectivity index (χ2n) is 11.0. The van der Waals surface area contributed by atoms with E-state index in [0.29, 0.717) is 17.0 Å². The van der Waals surface area contributed by atoms with E-state index in [0.717, 1.165) is 37.0 Å². The van der Waals surface area contributed by atoms with Crippen LogP contribution in [0.2, 0.25) is 5.02 Å². The maximum atomic E-state index is 13.9. The molecule has 1 aromatic rings. The van der Waals surface area contributed by atoms with Gasteiger partial charge in [0.15, 0.2) is 9.75 Å². The highest BCUT2D eigenvalue weighted by Crippen LogP contribution is 2.66. The fourth-order valence-electron chi connectivity index (χ4n) is 7.57. The Morgan fingerprint density at radius 2 is 1.68 bits per heavy atom. The van der Waals surface area contributed by atoms with Gasteiger partial charge in [0.05, 0.1) is 11.8 Å². The van der Waals surface area contributed by atoms with Crippen LogP contribution in [0.15, 0.2) is 29.8 Å². The van der Waals surface area contributed by atoms with Crippen LogP contribution in [-0.2, 0) is 19.2 Å². The molecule has 1 aromatic carbocycles. The summed E-state index contributed by atoms with van der Waals surface area (Å²) in [5, 5.41) is 11.2. The lowest BCUT2D eigenvalue weighted by Gasteiger charge is -2.50. The minimum absolute atomic E-state index is 0.0602. The number of fused-ring (bicyclic) bond motifs is 4. The molecule has 37 heavy (non-hydrogen) atoms. The van der Waals surface area contributed by atoms with Crippen molar-refractivity contribution in [3.05, 3.63) is 40.4 Å². The summed E-state index contributed by atoms with van der Waals surface area (Å²) in [5.74, 6) is -4.74. The zero-order valence-electron chi connectivity index (χ0n) is 20.3. The number of amides is 4. The van der Waals surface area contributed by atoms with Crippen molar-refractivity contribution in [3.8, 4) is 5.75 Å². The molecule has 0 radical (unpaired) electrons. The minimum Gasteiger partial charge on any atom is -0.508 e. The molecule has 2 aliphatic heterocycles. The number of alkyl halides is 2. The molecule has 2 saturated heterocycles. The highest BCUT2D eigenvalue weighted by Gasteiger charge is 2.76. The van der Waals surface area contributed by atoms with Crippen LogP contribution in [-0.4, -0.2) is 61.4 Å². The van der Waals surface area contributed by atoms with Gasteiger partial charge in [0.2, 0.25) is 11.8 Å². The maximum Gasteiger partial charge on any atom is 0.253 e. The van der Waals surface area contributed by atoms with E-state index in [2.05, 4.69) is 0 Å². The molecule has 6 rings (SSSR count). The molecular formula is C27H27Cl3N2O5. The Hall–Kier alpha value is -2.09. The molecule has 6 atom stereocenters. The molecule has 4 amide bonds. The molecule has 4 fully saturated rings. The SMILES string of the molecule is CN1C(=O)[C@]2(Cl)C[C@@H]3C(=CC[C@@H]4C(=O)N(C5CCCCC5)C(=O)[C@@H]43)[C@H](c3cc(Cl)ccc3O)[C@]2(Cl)C1=O. The van der Waals surface area contributed by atoms with Gasteiger partial charge in [-0.15, -0.1) is 23.2 Å². The largest absolute Gasteiger partial charge is 0.508 e. The summed E-state index contributed by atoms with van der Waals surface area (Å²) in [7, 11) is 1.34. The van der Waals surface area contributed by atoms with Crippen molar-refractivity contribution < 1.29 is 24.3 Å². The molecule has 0 bridgehead atoms. The van der Waals surface area contributed by atoms with Crippen LogP contribution >= 0.6 is 34.8 Å². The number of halogens is 3. The second kappa shape index (κ2) is 8.45. The smallest absolute Gasteiger partial charge is 0.253 e. The minimum atomic E-state index is -1.94. The summed E-state index contributed by atoms with van der Waals surface area (Å²) in [6, 6.07) is 4.32. The fourth-order valence-corrected chi connectivity index (χ4v) is 8.76. The second-order valence-corrected chi connectivity index (χ2v) is 12.7. The Labute approximate surface area is 229 Å². The number of imide groups is 2. The standard InChI is InChI=1S/C27H27Cl3N2O5/c1-31-24(36)26(29)12-18-15(21(27(26,30)25(31)37)17-11-13(28)7-10-19(17)33)8-9-16-20(18)23(35)32(22(16)34)14-5-3-2-4-6-14/h7-8,10-11,14,16,18,20-21,33H,2-6,9,12H2,1H3/t16-,18+,20-,21+,26+,27-/m0/s1. The Morgan fingerprint density at radius 1 is 0.973 bits per heavy atom. The monoisotopic (exact) mass is 564 g/mol. The zero-order chi connectivity index (χ0) is 26.4. The molecule has 3 aliphatic carbocycles. The van der Waals surface area contributed by atoms with Crippen LogP contribution < -0.4 is 0 Å². The average Bonchev–Trinajstić information content (AvgIpc) is 3.21. The van der Waals surface area contributed by atoms with Gasteiger partial charge >= 0.3 is 0 Å². The number of aromatic hydroxyl groups is 1. The Balaban J connectivity index is 1.51. The van der Waals surface area contributed by atoms with Crippen LogP contribution in [0.5, 0.6) is 5.75 Å². The fraction of sp³-hybridized carbons (Fsp3) is 0.556. The van der Waals surface area contributed by atoms with Crippen molar-refractivity contribution in [1.29, 1.82) is 0 Å². The zero-order valence-corrected chi connectivity index (χ0v) is 22.5. The molecular weight excluding hydrogens is 539 g/mol. The van der Waals surface area contributed by atoms with Gasteiger partial charge in [-0.05, 0) is 49.8 Å². The van der Waals surface area contributed by atoms with Crippen molar-refractivity contribution in [2.75, 3.05) is 7.05 Å². The van der Waals surface area contributed by atoms with Gasteiger partial charge in [-0.3, -0.25) is 29.0 Å². The maximum absolute atomic E-state index is 13.9. The predicted octanol–water partition coefficient (Wildman–Crippen LogP) is 4.37. The van der Waals surface area contributed by atoms with Gasteiger partial charge in [-0.2, -0.15) is 0 Å². The molecule has 0 unspecified atom stereocenters. The van der Waals surface area contributed by atoms with E-state index in [1.807, 2.05) is 6.08 Å². The van der Waals surface area contributed by atoms with Gasteiger partial charge in [-0.25, -0.2) is 0 Å². The van der Waals surface area contributed by atoms with Crippen molar-refractivity contribution in [2.24, 2.45) is 17.8 Å². The summed E-state index contributed by atoms with van der Waals surface area (Å²) < 4.78 is 0. The first-order valence-electron chi connectivity index (χ1n) is 12.8. The van der Waals surface area contributed by atoms with E-state index in [1.54, 1.807) is 0 Å². The normalized spacial score (nSPS) is 38.0. The number of carbonyl (C=O) groups is 4. The van der Waals surface area contributed by atoms with E-state index in [1.165, 1.54) is 30.1 Å². The van der Waals surface area contributed by atoms with Crippen LogP contribution in [0.1, 0.15) is 56.4 Å². The summed E-state index contributed by atoms with van der Waals surface area (Å²) in [4.78, 5) is 53.1. The van der Waals surface area contributed by atoms with Crippen LogP contribution in [0.4, 0.5) is 0 Å². The van der Waals surface area contributed by atoms with E-state index < -0.39 is 45.2 Å². The van der Waals surface area contributed by atoms with Gasteiger partial charge in [0.1, 0.15) is 5.75 Å². The lowest BCUT2D eigenvalue weighted by Crippen LogP contribution is -2.60. The molecule has 0 aromatic heterocycles. The van der Waals surface area contributed by atoms with Gasteiger partial charge in [0, 0.05) is 29.6 Å². The molecule has 2 saturated carbocycles. The number of rotatable bonds is 2. The number of phenols is 1. The van der Waals surface area contributed by atoms with Gasteiger partial charge in [-0.1, -0.05) is 42.5 Å². The van der Waals surface area contributed by atoms with E-state index in [4.69, 9.17) is 34.8 Å². The molecule has 1 N–H and O–H groups in total. The average molecular weight is 566 g/mol. The third-order valence-corrected chi connectivity index (χ3v) is 10.9. The lowest BCUT2D eigenvalue weighted by atomic mass is 9.56. The van der Waals surface area contributed by atoms with Crippen molar-refractivity contribution >= 4 is 58.4 Å². The lowest BCUT2D eigenvalue weighted by molar-refractivity contribution is -0.144. The third kappa shape index (κ3) is 3.20. The summed E-state index contributed by atoms with van der Waals surface area (Å²) in [6.07, 6.45) is 6.74. The molecule has 7 nitrogen and oxygen atoms in total. The highest BCUT2D eigenvalue weighted by molar-refractivity contribution is 6.53. The first kappa shape index (κ1) is 25.2. The number of hydrogen-bond donors (Lipinski definition) is 1. The number of benzene rings is 1. The van der Waals surface area contributed by atoms with Crippen molar-refractivity contribution in [2.45, 2.75) is 66.7 Å². The molecule has 0 spiro atoms. The first-order valence-corrected chi connectivity index (χ1v) is 13.9. The Kier molecular flexibility index (Phi) is 5.76. The van der Waals surface area contributed by atoms with Crippen LogP contribution in [0, 0.1) is 17.8 Å². The number of allylic oxidation sites excluding steroid dienone is 2. The van der Waals surface area contributed by atoms with E-state index in [-0.39, 0.29) is 35.6 Å². The van der Waals surface area contributed by atoms with E-state index >= 15 is 0 Å². The molecule has 196 valence electrons. The highest BCUT2D eigenvalue weighted by atomic mass is 35.5. The molecule has 2 heterocycles. The van der Waals surface area contributed by atoms with Crippen molar-refractivity contribution in [1.82, 2.24) is 9.80 Å². The number of phenolic OH excluding ortho intramolecular Hbond substituents is 1. The topological polar surface area (TPSA) is 95.0 Å². The summed E-state index contributed by atoms with van der Waals surface area (Å²) in [5.41, 5.74) is 0.910. The number of likely N-dealkylation sites (tertiary alicyclic amines) is 2. The number of nitrogens with zero attached hydrogens (tertiary/aromatic N) is 2. The Bertz CT molecular complexity index is 1280. The van der Waals surface area contributed by atoms with E-state index in [9.17, 15) is 24.3 Å². The quantitative estimate of drug-likeness (QED) is 0.327. The summed E-state index contributed by atoms with van der Waals surface area (Å²) >= 11 is 20.5. The Morgan fingerprint density at radius 3 is 2.38 bits per heavy atom. The molecule has 10 heteroatoms. The number of hydrogen-bond acceptors (Lipinski definition) is 5. The predicted molar refractivity (Wildman–Crippen MR) is 137 cm³/mol. The molecule has 5 aliphatic rings. The van der Waals surface area contributed by atoms with Gasteiger partial charge in [0.25, 0.3) is 11.8 Å². The first-order chi connectivity index (χ1) is 17.5. The van der Waals surface area contributed by atoms with Gasteiger partial charge < -0.3 is 5.11 Å². The van der Waals surface area contributed by atoms with Crippen molar-refractivity contribution in [3.63, 3.8) is 0 Å². The third-order valence-electron chi connectivity index (χ3n) is 9.29. The van der Waals surface area contributed by atoms with Crippen LogP contribution in [0.3, 0.4) is 0 Å².